The third-order valence-electron chi connectivity index (χ3n) is 1.67. The normalized spacial score (nSPS) is 10.6. The van der Waals surface area contributed by atoms with E-state index in [1.54, 1.807) is 6.20 Å². The third kappa shape index (κ3) is 1.84. The summed E-state index contributed by atoms with van der Waals surface area (Å²) in [6.07, 6.45) is 1.62. The van der Waals surface area contributed by atoms with E-state index >= 15 is 0 Å². The summed E-state index contributed by atoms with van der Waals surface area (Å²) in [6.45, 7) is 4.00. The van der Waals surface area contributed by atoms with Gasteiger partial charge in [0, 0.05) is 11.3 Å². The Morgan fingerprint density at radius 2 is 2.42 bits per heavy atom. The van der Waals surface area contributed by atoms with Gasteiger partial charge in [-0.3, -0.25) is 9.89 Å². The lowest BCUT2D eigenvalue weighted by Crippen LogP contribution is -2.02. The number of aliphatic carboxylic acids is 1. The lowest BCUT2D eigenvalue weighted by Gasteiger charge is -2.02. The molecule has 0 amide bonds. The number of carboxylic acids is 1. The maximum absolute atomic E-state index is 10.4. The van der Waals surface area contributed by atoms with Crippen LogP contribution >= 0.6 is 0 Å². The highest BCUT2D eigenvalue weighted by atomic mass is 16.4. The zero-order valence-corrected chi connectivity index (χ0v) is 7.16. The van der Waals surface area contributed by atoms with Gasteiger partial charge in [-0.25, -0.2) is 0 Å². The van der Waals surface area contributed by atoms with Gasteiger partial charge in [-0.2, -0.15) is 5.10 Å². The minimum absolute atomic E-state index is 0.0456. The Morgan fingerprint density at radius 1 is 1.75 bits per heavy atom. The first kappa shape index (κ1) is 8.77. The van der Waals surface area contributed by atoms with Crippen LogP contribution in [0.25, 0.3) is 0 Å². The number of H-pyrrole nitrogens is 1. The van der Waals surface area contributed by atoms with Crippen LogP contribution in [0.2, 0.25) is 0 Å². The molecule has 12 heavy (non-hydrogen) atoms. The molecule has 0 saturated heterocycles. The average Bonchev–Trinajstić information content (AvgIpc) is 2.33. The van der Waals surface area contributed by atoms with Crippen LogP contribution in [0.4, 0.5) is 0 Å². The van der Waals surface area contributed by atoms with Gasteiger partial charge in [-0.05, 0) is 5.92 Å². The molecule has 0 aliphatic heterocycles. The minimum Gasteiger partial charge on any atom is -0.481 e. The summed E-state index contributed by atoms with van der Waals surface area (Å²) in [5, 5.41) is 15.2. The van der Waals surface area contributed by atoms with Crippen molar-refractivity contribution in [3.05, 3.63) is 17.5 Å². The van der Waals surface area contributed by atoms with Gasteiger partial charge in [0.1, 0.15) is 0 Å². The molecule has 0 fully saturated rings. The topological polar surface area (TPSA) is 66.0 Å². The molecule has 1 aromatic heterocycles. The van der Waals surface area contributed by atoms with Crippen molar-refractivity contribution in [3.63, 3.8) is 0 Å². The standard InChI is InChI=1S/C8H12N2O2/c1-5(2)8-6(3-7(11)12)4-9-10-8/h4-5H,3H2,1-2H3,(H,9,10)(H,11,12). The highest BCUT2D eigenvalue weighted by Gasteiger charge is 2.11. The molecule has 1 heterocycles. The van der Waals surface area contributed by atoms with Crippen LogP contribution in [0.5, 0.6) is 0 Å². The Labute approximate surface area is 70.6 Å². The maximum Gasteiger partial charge on any atom is 0.307 e. The number of nitrogens with zero attached hydrogens (tertiary/aromatic N) is 1. The molecule has 0 aliphatic carbocycles. The Bertz CT molecular complexity index is 278. The summed E-state index contributed by atoms with van der Waals surface area (Å²) in [5.74, 6) is -0.528. The molecule has 1 aromatic rings. The molecular weight excluding hydrogens is 156 g/mol. The summed E-state index contributed by atoms with van der Waals surface area (Å²) < 4.78 is 0. The van der Waals surface area contributed by atoms with Crippen molar-refractivity contribution in [1.29, 1.82) is 0 Å². The van der Waals surface area contributed by atoms with Gasteiger partial charge in [0.05, 0.1) is 12.6 Å². The second-order valence-corrected chi connectivity index (χ2v) is 3.03. The SMILES string of the molecule is CC(C)c1[nH]ncc1CC(=O)O. The summed E-state index contributed by atoms with van der Waals surface area (Å²) >= 11 is 0. The average molecular weight is 168 g/mol. The van der Waals surface area contributed by atoms with Gasteiger partial charge in [0.25, 0.3) is 0 Å². The van der Waals surface area contributed by atoms with Crippen LogP contribution in [0, 0.1) is 0 Å². The van der Waals surface area contributed by atoms with Crippen molar-refractivity contribution in [3.8, 4) is 0 Å². The van der Waals surface area contributed by atoms with Crippen molar-refractivity contribution in [2.24, 2.45) is 0 Å². The van der Waals surface area contributed by atoms with E-state index in [4.69, 9.17) is 5.11 Å². The summed E-state index contributed by atoms with van der Waals surface area (Å²) in [7, 11) is 0. The van der Waals surface area contributed by atoms with Crippen LogP contribution in [0.3, 0.4) is 0 Å². The zero-order valence-electron chi connectivity index (χ0n) is 7.16. The van der Waals surface area contributed by atoms with Crippen molar-refractivity contribution < 1.29 is 9.90 Å². The van der Waals surface area contributed by atoms with Gasteiger partial charge in [-0.15, -0.1) is 0 Å². The smallest absolute Gasteiger partial charge is 0.307 e. The largest absolute Gasteiger partial charge is 0.481 e. The van der Waals surface area contributed by atoms with Crippen LogP contribution in [-0.2, 0) is 11.2 Å². The van der Waals surface area contributed by atoms with Crippen molar-refractivity contribution in [1.82, 2.24) is 10.2 Å². The lowest BCUT2D eigenvalue weighted by atomic mass is 10.0. The molecule has 0 atom stereocenters. The fourth-order valence-electron chi connectivity index (χ4n) is 1.12. The number of aromatic amines is 1. The minimum atomic E-state index is -0.821. The van der Waals surface area contributed by atoms with E-state index in [0.717, 1.165) is 11.3 Å². The highest BCUT2D eigenvalue weighted by Crippen LogP contribution is 2.16. The molecule has 0 spiro atoms. The van der Waals surface area contributed by atoms with E-state index in [1.807, 2.05) is 13.8 Å². The van der Waals surface area contributed by atoms with E-state index < -0.39 is 5.97 Å². The monoisotopic (exact) mass is 168 g/mol. The Kier molecular flexibility index (Phi) is 2.47. The third-order valence-corrected chi connectivity index (χ3v) is 1.67. The quantitative estimate of drug-likeness (QED) is 0.711. The maximum atomic E-state index is 10.4. The van der Waals surface area contributed by atoms with Crippen molar-refractivity contribution in [2.75, 3.05) is 0 Å². The molecule has 0 unspecified atom stereocenters. The van der Waals surface area contributed by atoms with Gasteiger partial charge < -0.3 is 5.11 Å². The number of carbonyl (C=O) groups is 1. The first-order valence-corrected chi connectivity index (χ1v) is 3.85. The van der Waals surface area contributed by atoms with E-state index in [9.17, 15) is 4.79 Å². The van der Waals surface area contributed by atoms with E-state index in [2.05, 4.69) is 10.2 Å². The molecule has 0 radical (unpaired) electrons. The predicted molar refractivity (Wildman–Crippen MR) is 44.0 cm³/mol. The molecule has 0 aliphatic rings. The highest BCUT2D eigenvalue weighted by molar-refractivity contribution is 5.70. The Balaban J connectivity index is 2.84. The summed E-state index contributed by atoms with van der Waals surface area (Å²) in [5.41, 5.74) is 1.69. The first-order valence-electron chi connectivity index (χ1n) is 3.85. The van der Waals surface area contributed by atoms with Gasteiger partial charge in [0.2, 0.25) is 0 Å². The number of carboxylic acid groups (broad SMARTS) is 1. The van der Waals surface area contributed by atoms with Crippen LogP contribution < -0.4 is 0 Å². The van der Waals surface area contributed by atoms with E-state index in [-0.39, 0.29) is 6.42 Å². The van der Waals surface area contributed by atoms with Crippen LogP contribution in [0.15, 0.2) is 6.20 Å². The second kappa shape index (κ2) is 3.38. The molecule has 2 N–H and O–H groups in total. The van der Waals surface area contributed by atoms with E-state index in [1.165, 1.54) is 0 Å². The molecule has 66 valence electrons. The van der Waals surface area contributed by atoms with Gasteiger partial charge in [-0.1, -0.05) is 13.8 Å². The number of nitrogens with one attached hydrogen (secondary N) is 1. The molecule has 0 aromatic carbocycles. The van der Waals surface area contributed by atoms with Crippen LogP contribution in [0.1, 0.15) is 31.0 Å². The molecule has 4 heteroatoms. The second-order valence-electron chi connectivity index (χ2n) is 3.03. The number of aromatic nitrogens is 2. The number of hydrogen-bond donors (Lipinski definition) is 2. The van der Waals surface area contributed by atoms with E-state index in [0.29, 0.717) is 5.92 Å². The summed E-state index contributed by atoms with van der Waals surface area (Å²) in [4.78, 5) is 10.4. The fourth-order valence-corrected chi connectivity index (χ4v) is 1.12. The lowest BCUT2D eigenvalue weighted by molar-refractivity contribution is -0.136. The Hall–Kier alpha value is -1.32. The first-order chi connectivity index (χ1) is 5.61. The molecule has 4 nitrogen and oxygen atoms in total. The zero-order chi connectivity index (χ0) is 9.14. The van der Waals surface area contributed by atoms with Gasteiger partial charge in [0.15, 0.2) is 0 Å². The number of hydrogen-bond acceptors (Lipinski definition) is 2. The van der Waals surface area contributed by atoms with Crippen LogP contribution in [-0.4, -0.2) is 21.3 Å². The Morgan fingerprint density at radius 3 is 2.92 bits per heavy atom. The predicted octanol–water partition coefficient (Wildman–Crippen LogP) is 1.16. The molecule has 0 bridgehead atoms. The molecular formula is C8H12N2O2. The molecule has 0 saturated carbocycles. The van der Waals surface area contributed by atoms with Crippen molar-refractivity contribution >= 4 is 5.97 Å². The fraction of sp³-hybridized carbons (Fsp3) is 0.500. The summed E-state index contributed by atoms with van der Waals surface area (Å²) in [6, 6.07) is 0. The number of rotatable bonds is 3. The van der Waals surface area contributed by atoms with Crippen molar-refractivity contribution in [2.45, 2.75) is 26.2 Å². The molecule has 1 rings (SSSR count). The van der Waals surface area contributed by atoms with Gasteiger partial charge >= 0.3 is 5.97 Å².